The van der Waals surface area contributed by atoms with Gasteiger partial charge in [-0.2, -0.15) is 31.4 Å². The van der Waals surface area contributed by atoms with Gasteiger partial charge in [0.05, 0.1) is 37.6 Å². The molecule has 0 saturated carbocycles. The number of benzene rings is 2. The fourth-order valence-electron chi connectivity index (χ4n) is 5.61. The molecule has 0 radical (unpaired) electrons. The van der Waals surface area contributed by atoms with E-state index in [0.29, 0.717) is 6.07 Å². The number of rotatable bonds is 6. The maximum Gasteiger partial charge on any atom is 0.416 e. The van der Waals surface area contributed by atoms with Crippen LogP contribution in [0, 0.1) is 25.1 Å². The van der Waals surface area contributed by atoms with Crippen molar-refractivity contribution in [2.75, 3.05) is 0 Å². The van der Waals surface area contributed by atoms with Gasteiger partial charge in [-0.05, 0) is 100 Å². The van der Waals surface area contributed by atoms with E-state index in [9.17, 15) is 38.3 Å². The Kier molecular flexibility index (Phi) is 8.40. The third-order valence-electron chi connectivity index (χ3n) is 9.54. The zero-order chi connectivity index (χ0) is 37.6. The van der Waals surface area contributed by atoms with E-state index in [0.717, 1.165) is 19.1 Å². The van der Waals surface area contributed by atoms with Crippen LogP contribution in [0.1, 0.15) is 103 Å². The normalized spacial score (nSPS) is 25.6. The Hall–Kier alpha value is -3.23. The molecule has 0 spiro atoms. The van der Waals surface area contributed by atoms with Crippen LogP contribution in [-0.2, 0) is 34.0 Å². The average molecular weight is 677 g/mol. The zero-order valence-electron chi connectivity index (χ0n) is 29.9. The number of aromatic amines is 2. The first-order chi connectivity index (χ1) is 21.9. The molecule has 1 saturated heterocycles. The summed E-state index contributed by atoms with van der Waals surface area (Å²) in [7, 11) is 0. The van der Waals surface area contributed by atoms with Crippen molar-refractivity contribution >= 4 is 0 Å². The standard InChI is InChI=1S/C33H41F7N4O3/c1-17-13-20(34)11-12-21(17)25-26(46-30(8,9)29(6,7)44(25)16-24-41-27(45)43-42-24)47-31(10,28(3,4)5)22-14-19(32(35,36)37)15-23(18(22)2)33(38,39)40/h11-15,25-26H,16H2,1-10H3,(H2,41,42,43,45)/t25-,26+,31-/m0/s1/i25D,26D. The van der Waals surface area contributed by atoms with Crippen LogP contribution in [0.2, 0.25) is 0 Å². The van der Waals surface area contributed by atoms with Crippen LogP contribution in [0.3, 0.4) is 0 Å². The molecule has 260 valence electrons. The van der Waals surface area contributed by atoms with Crippen LogP contribution >= 0.6 is 0 Å². The number of aromatic nitrogens is 3. The van der Waals surface area contributed by atoms with E-state index in [1.165, 1.54) is 45.6 Å². The Labute approximate surface area is 271 Å². The third kappa shape index (κ3) is 6.73. The molecule has 1 aromatic heterocycles. The second-order valence-corrected chi connectivity index (χ2v) is 14.1. The monoisotopic (exact) mass is 676 g/mol. The van der Waals surface area contributed by atoms with Crippen LogP contribution in [0.4, 0.5) is 30.7 Å². The van der Waals surface area contributed by atoms with Crippen molar-refractivity contribution in [2.45, 2.75) is 117 Å². The fourth-order valence-corrected chi connectivity index (χ4v) is 5.61. The van der Waals surface area contributed by atoms with Gasteiger partial charge < -0.3 is 9.47 Å². The van der Waals surface area contributed by atoms with Crippen molar-refractivity contribution in [3.8, 4) is 0 Å². The first kappa shape index (κ1) is 33.7. The number of hydrogen-bond acceptors (Lipinski definition) is 5. The molecule has 2 N–H and O–H groups in total. The van der Waals surface area contributed by atoms with Gasteiger partial charge in [-0.25, -0.2) is 14.3 Å². The highest BCUT2D eigenvalue weighted by Gasteiger charge is 2.57. The van der Waals surface area contributed by atoms with Gasteiger partial charge in [0, 0.05) is 5.54 Å². The first-order valence-corrected chi connectivity index (χ1v) is 14.8. The van der Waals surface area contributed by atoms with Crippen molar-refractivity contribution in [2.24, 2.45) is 5.41 Å². The van der Waals surface area contributed by atoms with E-state index in [2.05, 4.69) is 15.2 Å². The largest absolute Gasteiger partial charge is 0.416 e. The van der Waals surface area contributed by atoms with Gasteiger partial charge in [0.25, 0.3) is 0 Å². The van der Waals surface area contributed by atoms with Gasteiger partial charge in [-0.15, -0.1) is 0 Å². The molecule has 3 atom stereocenters. The van der Waals surface area contributed by atoms with Crippen LogP contribution in [0.25, 0.3) is 0 Å². The Balaban J connectivity index is 2.13. The van der Waals surface area contributed by atoms with Crippen LogP contribution in [-0.4, -0.2) is 37.5 Å². The lowest BCUT2D eigenvalue weighted by Gasteiger charge is -2.60. The quantitative estimate of drug-likeness (QED) is 0.257. The molecule has 7 nitrogen and oxygen atoms in total. The maximum atomic E-state index is 14.5. The Morgan fingerprint density at radius 1 is 0.979 bits per heavy atom. The maximum absolute atomic E-state index is 14.5. The summed E-state index contributed by atoms with van der Waals surface area (Å²) < 4.78 is 133. The van der Waals surface area contributed by atoms with Gasteiger partial charge in [-0.3, -0.25) is 9.88 Å². The number of ether oxygens (including phenoxy) is 2. The molecule has 2 heterocycles. The second kappa shape index (κ2) is 11.7. The minimum absolute atomic E-state index is 0.0154. The average Bonchev–Trinajstić information content (AvgIpc) is 3.32. The number of halogens is 7. The van der Waals surface area contributed by atoms with Crippen molar-refractivity contribution in [1.82, 2.24) is 20.1 Å². The molecule has 0 aliphatic carbocycles. The first-order valence-electron chi connectivity index (χ1n) is 15.8. The SMILES string of the molecule is [2H][C@]1(O[C@@](C)(c2cc(C(F)(F)F)cc(C(F)(F)F)c2C)C(C)(C)C)OC(C)(C)C(C)(C)N(Cc2n[nH]c(=O)[nH]2)[C@@]1([2H])c1ccc(F)cc1C. The van der Waals surface area contributed by atoms with Crippen LogP contribution in [0.5, 0.6) is 0 Å². The summed E-state index contributed by atoms with van der Waals surface area (Å²) in [6.45, 7) is 14.5. The van der Waals surface area contributed by atoms with Crippen molar-refractivity contribution in [3.63, 3.8) is 0 Å². The molecule has 4 rings (SSSR count). The summed E-state index contributed by atoms with van der Waals surface area (Å²) in [6, 6.07) is 1.46. The molecule has 14 heteroatoms. The zero-order valence-corrected chi connectivity index (χ0v) is 27.9. The summed E-state index contributed by atoms with van der Waals surface area (Å²) in [6.07, 6.45) is -13.3. The predicted octanol–water partition coefficient (Wildman–Crippen LogP) is 8.33. The fraction of sp³-hybridized carbons (Fsp3) is 0.576. The highest BCUT2D eigenvalue weighted by molar-refractivity contribution is 5.45. The molecular formula is C33H41F7N4O3. The van der Waals surface area contributed by atoms with E-state index in [1.807, 2.05) is 0 Å². The number of nitrogens with one attached hydrogen (secondary N) is 2. The highest BCUT2D eigenvalue weighted by Crippen LogP contribution is 2.53. The lowest BCUT2D eigenvalue weighted by molar-refractivity contribution is -0.347. The van der Waals surface area contributed by atoms with Crippen LogP contribution in [0.15, 0.2) is 35.1 Å². The number of hydrogen-bond donors (Lipinski definition) is 2. The van der Waals surface area contributed by atoms with Crippen LogP contribution < -0.4 is 5.69 Å². The van der Waals surface area contributed by atoms with Gasteiger partial charge in [-0.1, -0.05) is 26.8 Å². The van der Waals surface area contributed by atoms with E-state index in [1.54, 1.807) is 27.7 Å². The minimum atomic E-state index is -5.19. The summed E-state index contributed by atoms with van der Waals surface area (Å²) in [5.74, 6) is -0.628. The second-order valence-electron chi connectivity index (χ2n) is 14.1. The molecule has 0 bridgehead atoms. The molecular weight excluding hydrogens is 633 g/mol. The molecule has 1 aliphatic heterocycles. The number of alkyl halides is 6. The van der Waals surface area contributed by atoms with Gasteiger partial charge in [0.2, 0.25) is 0 Å². The molecule has 2 aromatic carbocycles. The Morgan fingerprint density at radius 2 is 1.57 bits per heavy atom. The number of nitrogens with zero attached hydrogens (tertiary/aromatic N) is 2. The molecule has 0 amide bonds. The molecule has 0 unspecified atom stereocenters. The predicted molar refractivity (Wildman–Crippen MR) is 161 cm³/mol. The van der Waals surface area contributed by atoms with Gasteiger partial charge >= 0.3 is 18.0 Å². The summed E-state index contributed by atoms with van der Waals surface area (Å²) in [5.41, 5.74) is -10.9. The Bertz CT molecular complexity index is 1800. The van der Waals surface area contributed by atoms with E-state index in [-0.39, 0.29) is 29.6 Å². The molecule has 47 heavy (non-hydrogen) atoms. The summed E-state index contributed by atoms with van der Waals surface area (Å²) >= 11 is 0. The van der Waals surface area contributed by atoms with Crippen molar-refractivity contribution in [1.29, 1.82) is 0 Å². The van der Waals surface area contributed by atoms with Gasteiger partial charge in [0.15, 0.2) is 6.27 Å². The molecule has 1 fully saturated rings. The topological polar surface area (TPSA) is 83.2 Å². The Morgan fingerprint density at radius 3 is 2.06 bits per heavy atom. The molecule has 1 aliphatic rings. The number of H-pyrrole nitrogens is 2. The third-order valence-corrected chi connectivity index (χ3v) is 9.54. The number of morpholine rings is 1. The highest BCUT2D eigenvalue weighted by atomic mass is 19.4. The van der Waals surface area contributed by atoms with Crippen molar-refractivity contribution < 1.29 is 42.9 Å². The lowest BCUT2D eigenvalue weighted by atomic mass is 9.70. The lowest BCUT2D eigenvalue weighted by Crippen LogP contribution is -2.68. The van der Waals surface area contributed by atoms with Crippen molar-refractivity contribution in [3.05, 3.63) is 85.8 Å². The smallest absolute Gasteiger partial charge is 0.343 e. The van der Waals surface area contributed by atoms with Gasteiger partial charge in [0.1, 0.15) is 11.6 Å². The van der Waals surface area contributed by atoms with E-state index < -0.39 is 80.6 Å². The summed E-state index contributed by atoms with van der Waals surface area (Å²) in [5, 5.41) is 6.21. The minimum Gasteiger partial charge on any atom is -0.343 e. The van der Waals surface area contributed by atoms with E-state index in [4.69, 9.17) is 9.47 Å². The summed E-state index contributed by atoms with van der Waals surface area (Å²) in [4.78, 5) is 16.0. The number of aryl methyl sites for hydroxylation is 1. The van der Waals surface area contributed by atoms with E-state index >= 15 is 0 Å². The molecule has 3 aromatic rings.